The fraction of sp³-hybridized carbons (Fsp3) is 0.154. The molecule has 0 saturated heterocycles. The van der Waals surface area contributed by atoms with Gasteiger partial charge in [-0.1, -0.05) is 18.2 Å². The Hall–Kier alpha value is -2.43. The van der Waals surface area contributed by atoms with Crippen molar-refractivity contribution in [2.75, 3.05) is 16.8 Å². The molecule has 5 nitrogen and oxygen atoms in total. The molecule has 0 aliphatic carbocycles. The first kappa shape index (κ1) is 10.7. The summed E-state index contributed by atoms with van der Waals surface area (Å²) in [6.45, 7) is 0.932. The molecule has 1 aliphatic heterocycles. The van der Waals surface area contributed by atoms with Crippen molar-refractivity contribution in [3.05, 3.63) is 48.4 Å². The number of carbonyl (C=O) groups is 1. The van der Waals surface area contributed by atoms with Crippen molar-refractivity contribution in [1.29, 1.82) is 0 Å². The molecular formula is C13H12N4O. The maximum atomic E-state index is 11.8. The van der Waals surface area contributed by atoms with Crippen LogP contribution in [0.4, 0.5) is 11.5 Å². The van der Waals surface area contributed by atoms with Gasteiger partial charge in [0.25, 0.3) is 0 Å². The predicted molar refractivity (Wildman–Crippen MR) is 68.2 cm³/mol. The number of anilines is 2. The Balaban J connectivity index is 1.97. The number of amides is 1. The third-order valence-corrected chi connectivity index (χ3v) is 2.86. The zero-order valence-electron chi connectivity index (χ0n) is 9.71. The average molecular weight is 240 g/mol. The number of aromatic nitrogens is 2. The van der Waals surface area contributed by atoms with Crippen molar-refractivity contribution in [2.24, 2.45) is 0 Å². The third kappa shape index (κ3) is 2.02. The number of hydrogen-bond acceptors (Lipinski definition) is 4. The van der Waals surface area contributed by atoms with Crippen molar-refractivity contribution in [2.45, 2.75) is 6.54 Å². The molecule has 0 unspecified atom stereocenters. The van der Waals surface area contributed by atoms with E-state index < -0.39 is 0 Å². The Bertz CT molecular complexity index is 570. The molecule has 5 heteroatoms. The highest BCUT2D eigenvalue weighted by Crippen LogP contribution is 2.22. The van der Waals surface area contributed by atoms with Crippen molar-refractivity contribution in [1.82, 2.24) is 9.97 Å². The lowest BCUT2D eigenvalue weighted by atomic mass is 10.2. The monoisotopic (exact) mass is 240 g/mol. The highest BCUT2D eigenvalue weighted by atomic mass is 16.2. The number of carbonyl (C=O) groups excluding carboxylic acids is 1. The lowest BCUT2D eigenvalue weighted by Crippen LogP contribution is -2.30. The Kier molecular flexibility index (Phi) is 2.64. The molecule has 0 fully saturated rings. The molecule has 1 aromatic carbocycles. The van der Waals surface area contributed by atoms with Gasteiger partial charge in [-0.2, -0.15) is 0 Å². The van der Waals surface area contributed by atoms with Crippen LogP contribution in [-0.4, -0.2) is 22.4 Å². The van der Waals surface area contributed by atoms with Crippen molar-refractivity contribution in [3.63, 3.8) is 0 Å². The van der Waals surface area contributed by atoms with Gasteiger partial charge in [-0.25, -0.2) is 4.98 Å². The van der Waals surface area contributed by atoms with E-state index in [1.807, 2.05) is 29.2 Å². The molecular weight excluding hydrogens is 228 g/mol. The first-order valence-electron chi connectivity index (χ1n) is 5.71. The lowest BCUT2D eigenvalue weighted by molar-refractivity contribution is -0.114. The fourth-order valence-corrected chi connectivity index (χ4v) is 2.02. The minimum Gasteiger partial charge on any atom is -0.342 e. The summed E-state index contributed by atoms with van der Waals surface area (Å²) in [5.41, 5.74) is 1.95. The first-order valence-corrected chi connectivity index (χ1v) is 5.71. The van der Waals surface area contributed by atoms with E-state index in [0.717, 1.165) is 11.3 Å². The Morgan fingerprint density at radius 2 is 2.06 bits per heavy atom. The van der Waals surface area contributed by atoms with Gasteiger partial charge in [0.05, 0.1) is 12.7 Å². The van der Waals surface area contributed by atoms with E-state index in [4.69, 9.17) is 0 Å². The predicted octanol–water partition coefficient (Wildman–Crippen LogP) is 1.44. The Labute approximate surface area is 104 Å². The number of nitrogens with one attached hydrogen (secondary N) is 1. The SMILES string of the molecule is O=C1CN(c2cnccn2)Cc2ccccc2N1. The van der Waals surface area contributed by atoms with E-state index in [0.29, 0.717) is 12.4 Å². The van der Waals surface area contributed by atoms with Gasteiger partial charge in [-0.3, -0.25) is 9.78 Å². The van der Waals surface area contributed by atoms with E-state index in [1.54, 1.807) is 18.6 Å². The van der Waals surface area contributed by atoms with E-state index in [1.165, 1.54) is 0 Å². The molecule has 1 N–H and O–H groups in total. The molecule has 1 amide bonds. The molecule has 0 spiro atoms. The van der Waals surface area contributed by atoms with Gasteiger partial charge in [-0.15, -0.1) is 0 Å². The normalized spacial score (nSPS) is 14.7. The summed E-state index contributed by atoms with van der Waals surface area (Å²) >= 11 is 0. The second kappa shape index (κ2) is 4.44. The van der Waals surface area contributed by atoms with E-state index >= 15 is 0 Å². The molecule has 2 heterocycles. The molecule has 3 rings (SSSR count). The molecule has 18 heavy (non-hydrogen) atoms. The van der Waals surface area contributed by atoms with Crippen LogP contribution in [0, 0.1) is 0 Å². The minimum absolute atomic E-state index is 0.0365. The fourth-order valence-electron chi connectivity index (χ4n) is 2.02. The van der Waals surface area contributed by atoms with Crippen LogP contribution in [0.2, 0.25) is 0 Å². The number of fused-ring (bicyclic) bond motifs is 1. The minimum atomic E-state index is -0.0365. The van der Waals surface area contributed by atoms with Crippen molar-refractivity contribution >= 4 is 17.4 Å². The molecule has 90 valence electrons. The van der Waals surface area contributed by atoms with Crippen LogP contribution in [-0.2, 0) is 11.3 Å². The molecule has 0 bridgehead atoms. The van der Waals surface area contributed by atoms with Gasteiger partial charge >= 0.3 is 0 Å². The topological polar surface area (TPSA) is 58.1 Å². The molecule has 1 aromatic heterocycles. The zero-order valence-corrected chi connectivity index (χ0v) is 9.71. The van der Waals surface area contributed by atoms with E-state index in [-0.39, 0.29) is 12.5 Å². The second-order valence-corrected chi connectivity index (χ2v) is 4.12. The summed E-state index contributed by atoms with van der Waals surface area (Å²) in [5.74, 6) is 0.676. The summed E-state index contributed by atoms with van der Waals surface area (Å²) in [4.78, 5) is 22.0. The quantitative estimate of drug-likeness (QED) is 0.819. The number of para-hydroxylation sites is 1. The largest absolute Gasteiger partial charge is 0.342 e. The number of hydrogen-bond donors (Lipinski definition) is 1. The van der Waals surface area contributed by atoms with Gasteiger partial charge < -0.3 is 10.2 Å². The van der Waals surface area contributed by atoms with Crippen LogP contribution in [0.3, 0.4) is 0 Å². The average Bonchev–Trinajstić information content (AvgIpc) is 2.57. The van der Waals surface area contributed by atoms with Gasteiger partial charge in [0.1, 0.15) is 5.82 Å². The van der Waals surface area contributed by atoms with Gasteiger partial charge in [0.2, 0.25) is 5.91 Å². The Morgan fingerprint density at radius 3 is 2.89 bits per heavy atom. The van der Waals surface area contributed by atoms with Gasteiger partial charge in [-0.05, 0) is 11.6 Å². The van der Waals surface area contributed by atoms with Gasteiger partial charge in [0, 0.05) is 24.6 Å². The van der Waals surface area contributed by atoms with Crippen LogP contribution in [0.25, 0.3) is 0 Å². The van der Waals surface area contributed by atoms with E-state index in [2.05, 4.69) is 15.3 Å². The van der Waals surface area contributed by atoms with Crippen LogP contribution in [0.15, 0.2) is 42.9 Å². The molecule has 2 aromatic rings. The van der Waals surface area contributed by atoms with E-state index in [9.17, 15) is 4.79 Å². The lowest BCUT2D eigenvalue weighted by Gasteiger charge is -2.19. The molecule has 0 atom stereocenters. The third-order valence-electron chi connectivity index (χ3n) is 2.86. The standard InChI is InChI=1S/C13H12N4O/c18-13-9-17(12-7-14-5-6-15-12)8-10-3-1-2-4-11(10)16-13/h1-7H,8-9H2,(H,16,18). The number of nitrogens with zero attached hydrogens (tertiary/aromatic N) is 3. The van der Waals surface area contributed by atoms with Crippen LogP contribution in [0.1, 0.15) is 5.56 Å². The summed E-state index contributed by atoms with van der Waals surface area (Å²) in [5, 5.41) is 2.89. The maximum absolute atomic E-state index is 11.8. The highest BCUT2D eigenvalue weighted by Gasteiger charge is 2.19. The second-order valence-electron chi connectivity index (χ2n) is 4.12. The summed E-state index contributed by atoms with van der Waals surface area (Å²) < 4.78 is 0. The zero-order chi connectivity index (χ0) is 12.4. The molecule has 0 saturated carbocycles. The van der Waals surface area contributed by atoms with Gasteiger partial charge in [0.15, 0.2) is 0 Å². The first-order chi connectivity index (χ1) is 8.83. The highest BCUT2D eigenvalue weighted by molar-refractivity contribution is 5.95. The van der Waals surface area contributed by atoms with Crippen LogP contribution < -0.4 is 10.2 Å². The van der Waals surface area contributed by atoms with Crippen LogP contribution >= 0.6 is 0 Å². The number of rotatable bonds is 1. The maximum Gasteiger partial charge on any atom is 0.243 e. The van der Waals surface area contributed by atoms with Crippen molar-refractivity contribution in [3.8, 4) is 0 Å². The van der Waals surface area contributed by atoms with Crippen molar-refractivity contribution < 1.29 is 4.79 Å². The Morgan fingerprint density at radius 1 is 1.17 bits per heavy atom. The summed E-state index contributed by atoms with van der Waals surface area (Å²) in [6, 6.07) is 7.79. The number of benzene rings is 1. The summed E-state index contributed by atoms with van der Waals surface area (Å²) in [7, 11) is 0. The molecule has 1 aliphatic rings. The molecule has 0 radical (unpaired) electrons. The van der Waals surface area contributed by atoms with Crippen LogP contribution in [0.5, 0.6) is 0 Å². The smallest absolute Gasteiger partial charge is 0.243 e. The summed E-state index contributed by atoms with van der Waals surface area (Å²) in [6.07, 6.45) is 4.92.